The van der Waals surface area contributed by atoms with Crippen LogP contribution in [0.5, 0.6) is 0 Å². The van der Waals surface area contributed by atoms with Crippen LogP contribution in [0, 0.1) is 0 Å². The van der Waals surface area contributed by atoms with Crippen LogP contribution < -0.4 is 10.9 Å². The molecule has 8 heteroatoms. The van der Waals surface area contributed by atoms with Gasteiger partial charge in [0, 0.05) is 12.4 Å². The molecule has 8 nitrogen and oxygen atoms in total. The number of hydrogen-bond donors (Lipinski definition) is 3. The van der Waals surface area contributed by atoms with Gasteiger partial charge in [-0.25, -0.2) is 9.78 Å². The minimum atomic E-state index is -1.51. The van der Waals surface area contributed by atoms with Crippen molar-refractivity contribution in [1.82, 2.24) is 14.7 Å². The van der Waals surface area contributed by atoms with Gasteiger partial charge in [-0.05, 0) is 19.1 Å². The van der Waals surface area contributed by atoms with Gasteiger partial charge in [-0.2, -0.15) is 0 Å². The van der Waals surface area contributed by atoms with Crippen LogP contribution >= 0.6 is 0 Å². The summed E-state index contributed by atoms with van der Waals surface area (Å²) in [5, 5.41) is 20.3. The number of hydrogen-bond acceptors (Lipinski definition) is 5. The van der Waals surface area contributed by atoms with Crippen LogP contribution in [0.25, 0.3) is 5.65 Å². The third-order valence-corrected chi connectivity index (χ3v) is 2.89. The van der Waals surface area contributed by atoms with Crippen LogP contribution in [0.15, 0.2) is 35.4 Å². The number of nitrogens with one attached hydrogen (secondary N) is 1. The summed E-state index contributed by atoms with van der Waals surface area (Å²) < 4.78 is 1.17. The number of aliphatic hydroxyl groups is 1. The van der Waals surface area contributed by atoms with Crippen LogP contribution in [-0.4, -0.2) is 43.6 Å². The third-order valence-electron chi connectivity index (χ3n) is 2.89. The number of aliphatic hydroxyl groups excluding tert-OH is 1. The van der Waals surface area contributed by atoms with E-state index < -0.39 is 29.6 Å². The van der Waals surface area contributed by atoms with E-state index in [0.717, 1.165) is 6.20 Å². The minimum absolute atomic E-state index is 0.300. The molecule has 2 rings (SSSR count). The van der Waals surface area contributed by atoms with E-state index in [-0.39, 0.29) is 5.56 Å². The Morgan fingerprint density at radius 2 is 2.10 bits per heavy atom. The van der Waals surface area contributed by atoms with E-state index in [0.29, 0.717) is 5.65 Å². The molecular weight excluding hydrogens is 278 g/mol. The van der Waals surface area contributed by atoms with E-state index in [2.05, 4.69) is 10.3 Å². The first-order valence-electron chi connectivity index (χ1n) is 6.10. The molecule has 0 aliphatic carbocycles. The zero-order chi connectivity index (χ0) is 15.6. The fourth-order valence-electron chi connectivity index (χ4n) is 1.79. The summed E-state index contributed by atoms with van der Waals surface area (Å²) in [5.74, 6) is -2.30. The fourth-order valence-corrected chi connectivity index (χ4v) is 1.79. The van der Waals surface area contributed by atoms with Crippen LogP contribution in [0.2, 0.25) is 0 Å². The molecule has 2 aromatic heterocycles. The van der Waals surface area contributed by atoms with Crippen molar-refractivity contribution < 1.29 is 19.8 Å². The second-order valence-corrected chi connectivity index (χ2v) is 4.44. The lowest BCUT2D eigenvalue weighted by Crippen LogP contribution is -2.48. The summed E-state index contributed by atoms with van der Waals surface area (Å²) in [7, 11) is 0. The molecule has 0 saturated carbocycles. The summed E-state index contributed by atoms with van der Waals surface area (Å²) in [5.41, 5.74) is -0.553. The van der Waals surface area contributed by atoms with Crippen molar-refractivity contribution in [1.29, 1.82) is 0 Å². The van der Waals surface area contributed by atoms with Crippen LogP contribution in [0.4, 0.5) is 0 Å². The first-order valence-corrected chi connectivity index (χ1v) is 6.10. The quantitative estimate of drug-likeness (QED) is 0.682. The molecule has 0 fully saturated rings. The highest BCUT2D eigenvalue weighted by atomic mass is 16.4. The molecule has 3 N–H and O–H groups in total. The maximum atomic E-state index is 12.1. The number of nitrogens with zero attached hydrogens (tertiary/aromatic N) is 2. The van der Waals surface area contributed by atoms with Gasteiger partial charge in [0.25, 0.3) is 11.5 Å². The number of aromatic nitrogens is 2. The largest absolute Gasteiger partial charge is 0.480 e. The fraction of sp³-hybridized carbons (Fsp3) is 0.231. The van der Waals surface area contributed by atoms with Crippen molar-refractivity contribution in [2.45, 2.75) is 19.1 Å². The highest BCUT2D eigenvalue weighted by Crippen LogP contribution is 2.00. The van der Waals surface area contributed by atoms with Gasteiger partial charge < -0.3 is 15.5 Å². The first kappa shape index (κ1) is 14.7. The second-order valence-electron chi connectivity index (χ2n) is 4.44. The number of aliphatic carboxylic acids is 1. The molecule has 0 radical (unpaired) electrons. The molecule has 2 heterocycles. The Balaban J connectivity index is 2.38. The number of carboxylic acid groups (broad SMARTS) is 1. The topological polar surface area (TPSA) is 121 Å². The Hall–Kier alpha value is -2.74. The number of carbonyl (C=O) groups excluding carboxylic acids is 1. The Labute approximate surface area is 118 Å². The van der Waals surface area contributed by atoms with Crippen LogP contribution in [0.1, 0.15) is 17.3 Å². The molecule has 0 aromatic carbocycles. The molecule has 2 aromatic rings. The Morgan fingerprint density at radius 1 is 1.38 bits per heavy atom. The number of amides is 1. The average molecular weight is 291 g/mol. The van der Waals surface area contributed by atoms with Crippen molar-refractivity contribution >= 4 is 17.5 Å². The molecule has 0 aliphatic heterocycles. The van der Waals surface area contributed by atoms with Crippen molar-refractivity contribution in [3.63, 3.8) is 0 Å². The highest BCUT2D eigenvalue weighted by molar-refractivity contribution is 5.96. The highest BCUT2D eigenvalue weighted by Gasteiger charge is 2.26. The van der Waals surface area contributed by atoms with Crippen LogP contribution in [-0.2, 0) is 4.79 Å². The minimum Gasteiger partial charge on any atom is -0.480 e. The molecule has 110 valence electrons. The van der Waals surface area contributed by atoms with Gasteiger partial charge in [-0.15, -0.1) is 0 Å². The monoisotopic (exact) mass is 291 g/mol. The number of pyridine rings is 1. The normalized spacial score (nSPS) is 13.6. The number of fused-ring (bicyclic) bond motifs is 1. The molecule has 0 bridgehead atoms. The summed E-state index contributed by atoms with van der Waals surface area (Å²) in [6.45, 7) is 1.23. The molecule has 2 unspecified atom stereocenters. The summed E-state index contributed by atoms with van der Waals surface area (Å²) in [4.78, 5) is 39.0. The maximum absolute atomic E-state index is 12.1. The first-order chi connectivity index (χ1) is 9.91. The van der Waals surface area contributed by atoms with Gasteiger partial charge in [-0.1, -0.05) is 6.07 Å². The summed E-state index contributed by atoms with van der Waals surface area (Å²) >= 11 is 0. The van der Waals surface area contributed by atoms with Gasteiger partial charge in [0.1, 0.15) is 11.2 Å². The third kappa shape index (κ3) is 2.90. The zero-order valence-electron chi connectivity index (χ0n) is 11.1. The van der Waals surface area contributed by atoms with Gasteiger partial charge in [0.2, 0.25) is 0 Å². The summed E-state index contributed by atoms with van der Waals surface area (Å²) in [6, 6.07) is 3.38. The average Bonchev–Trinajstić information content (AvgIpc) is 2.44. The van der Waals surface area contributed by atoms with Gasteiger partial charge >= 0.3 is 5.97 Å². The van der Waals surface area contributed by atoms with Crippen molar-refractivity contribution in [2.24, 2.45) is 0 Å². The van der Waals surface area contributed by atoms with E-state index in [9.17, 15) is 19.5 Å². The van der Waals surface area contributed by atoms with E-state index >= 15 is 0 Å². The van der Waals surface area contributed by atoms with E-state index in [1.54, 1.807) is 18.2 Å². The molecule has 1 amide bonds. The lowest BCUT2D eigenvalue weighted by molar-refractivity contribution is -0.141. The number of carbonyl (C=O) groups is 2. The number of carboxylic acids is 1. The Morgan fingerprint density at radius 3 is 2.71 bits per heavy atom. The van der Waals surface area contributed by atoms with Crippen molar-refractivity contribution in [3.05, 3.63) is 46.5 Å². The van der Waals surface area contributed by atoms with Crippen LogP contribution in [0.3, 0.4) is 0 Å². The standard InChI is InChI=1S/C13H13N3O5/c1-7(17)10(13(20)21)15-11(18)8-6-14-9-4-2-3-5-16(9)12(8)19/h2-7,10,17H,1H3,(H,15,18)(H,20,21). The Kier molecular flexibility index (Phi) is 3.99. The van der Waals surface area contributed by atoms with Crippen molar-refractivity contribution in [3.8, 4) is 0 Å². The summed E-state index contributed by atoms with van der Waals surface area (Å²) in [6.07, 6.45) is 1.22. The maximum Gasteiger partial charge on any atom is 0.328 e. The van der Waals surface area contributed by atoms with Gasteiger partial charge in [-0.3, -0.25) is 14.0 Å². The van der Waals surface area contributed by atoms with Gasteiger partial charge in [0.15, 0.2) is 6.04 Å². The van der Waals surface area contributed by atoms with Gasteiger partial charge in [0.05, 0.1) is 6.10 Å². The second kappa shape index (κ2) is 5.71. The smallest absolute Gasteiger partial charge is 0.328 e. The van der Waals surface area contributed by atoms with Crippen molar-refractivity contribution in [2.75, 3.05) is 0 Å². The lowest BCUT2D eigenvalue weighted by Gasteiger charge is -2.16. The SMILES string of the molecule is CC(O)C(NC(=O)c1cnc2ccccn2c1=O)C(=O)O. The predicted octanol–water partition coefficient (Wildman–Crippen LogP) is -0.742. The molecule has 0 saturated heterocycles. The Bertz CT molecular complexity index is 753. The molecule has 2 atom stereocenters. The molecule has 0 aliphatic rings. The molecule has 0 spiro atoms. The van der Waals surface area contributed by atoms with E-state index in [1.165, 1.54) is 17.5 Å². The molecular formula is C13H13N3O5. The predicted molar refractivity (Wildman–Crippen MR) is 72.0 cm³/mol. The number of rotatable bonds is 4. The zero-order valence-corrected chi connectivity index (χ0v) is 11.1. The van der Waals surface area contributed by atoms with E-state index in [4.69, 9.17) is 5.11 Å². The van der Waals surface area contributed by atoms with E-state index in [1.807, 2.05) is 0 Å². The lowest BCUT2D eigenvalue weighted by atomic mass is 10.1. The molecule has 21 heavy (non-hydrogen) atoms.